The summed E-state index contributed by atoms with van der Waals surface area (Å²) in [5, 5.41) is 0. The monoisotopic (exact) mass is 492 g/mol. The van der Waals surface area contributed by atoms with E-state index < -0.39 is 20.0 Å². The van der Waals surface area contributed by atoms with Crippen LogP contribution in [0.15, 0.2) is 76.5 Å². The number of aryl methyl sites for hydroxylation is 3. The van der Waals surface area contributed by atoms with Crippen molar-refractivity contribution in [2.24, 2.45) is 0 Å². The third kappa shape index (κ3) is 6.03. The van der Waals surface area contributed by atoms with Gasteiger partial charge in [-0.05, 0) is 79.8 Å². The molecule has 3 aromatic rings. The summed E-state index contributed by atoms with van der Waals surface area (Å²) < 4.78 is 56.5. The first-order valence-electron chi connectivity index (χ1n) is 9.98. The summed E-state index contributed by atoms with van der Waals surface area (Å²) in [5.41, 5.74) is 3.14. The second-order valence-corrected chi connectivity index (χ2v) is 11.2. The lowest BCUT2D eigenvalue weighted by Crippen LogP contribution is -2.16. The summed E-state index contributed by atoms with van der Waals surface area (Å²) in [6.45, 7) is 3.57. The Morgan fingerprint density at radius 1 is 0.781 bits per heavy atom. The predicted octanol–water partition coefficient (Wildman–Crippen LogP) is 5.08. The first-order chi connectivity index (χ1) is 15.1. The molecule has 0 heterocycles. The molecule has 0 bridgehead atoms. The van der Waals surface area contributed by atoms with E-state index in [2.05, 4.69) is 9.44 Å². The lowest BCUT2D eigenvalue weighted by molar-refractivity contribution is 0.598. The summed E-state index contributed by atoms with van der Waals surface area (Å²) >= 11 is 5.70. The number of benzene rings is 3. The van der Waals surface area contributed by atoms with Crippen LogP contribution in [-0.4, -0.2) is 22.7 Å². The third-order valence-electron chi connectivity index (χ3n) is 4.87. The summed E-state index contributed by atoms with van der Waals surface area (Å²) in [7, 11) is -7.79. The molecule has 0 saturated carbocycles. The minimum Gasteiger partial charge on any atom is -0.280 e. The van der Waals surface area contributed by atoms with Gasteiger partial charge in [0.25, 0.3) is 20.0 Å². The molecule has 0 aromatic heterocycles. The van der Waals surface area contributed by atoms with Crippen LogP contribution in [0.3, 0.4) is 0 Å². The quantitative estimate of drug-likeness (QED) is 0.407. The Balaban J connectivity index is 1.85. The molecular formula is C23H25ClN2O4S2. The van der Waals surface area contributed by atoms with Gasteiger partial charge in [0.05, 0.1) is 15.5 Å². The van der Waals surface area contributed by atoms with Crippen molar-refractivity contribution in [1.29, 1.82) is 0 Å². The number of nitrogens with one attached hydrogen (secondary N) is 2. The van der Waals surface area contributed by atoms with E-state index in [4.69, 9.17) is 11.6 Å². The zero-order valence-corrected chi connectivity index (χ0v) is 20.2. The average molecular weight is 493 g/mol. The topological polar surface area (TPSA) is 92.3 Å². The molecule has 0 aliphatic rings. The lowest BCUT2D eigenvalue weighted by atomic mass is 10.1. The van der Waals surface area contributed by atoms with Gasteiger partial charge in [-0.25, -0.2) is 16.8 Å². The van der Waals surface area contributed by atoms with E-state index in [1.165, 1.54) is 24.3 Å². The van der Waals surface area contributed by atoms with Crippen molar-refractivity contribution >= 4 is 43.0 Å². The number of sulfonamides is 2. The van der Waals surface area contributed by atoms with Gasteiger partial charge in [0.2, 0.25) is 0 Å². The smallest absolute Gasteiger partial charge is 0.261 e. The van der Waals surface area contributed by atoms with Crippen molar-refractivity contribution in [2.45, 2.75) is 36.5 Å². The SMILES string of the molecule is Cc1cccc(NS(=O)(=O)c2ccc(C)c(NS(=O)(=O)c3ccc(CCCCl)cc3)c2)c1. The maximum atomic E-state index is 12.9. The first-order valence-corrected chi connectivity index (χ1v) is 13.5. The molecule has 0 aliphatic carbocycles. The van der Waals surface area contributed by atoms with Crippen LogP contribution in [0.25, 0.3) is 0 Å². The maximum Gasteiger partial charge on any atom is 0.261 e. The standard InChI is InChI=1S/C23H25ClN2O4S2/c1-17-5-3-7-20(15-17)25-32(29,30)22-11-8-18(2)23(16-22)26-31(27,28)21-12-9-19(10-13-21)6-4-14-24/h3,5,7-13,15-16,25-26H,4,6,14H2,1-2H3. The Kier molecular flexibility index (Phi) is 7.48. The highest BCUT2D eigenvalue weighted by atomic mass is 35.5. The van der Waals surface area contributed by atoms with E-state index in [-0.39, 0.29) is 15.5 Å². The molecule has 170 valence electrons. The molecule has 0 spiro atoms. The van der Waals surface area contributed by atoms with Gasteiger partial charge in [-0.2, -0.15) is 0 Å². The van der Waals surface area contributed by atoms with Crippen molar-refractivity contribution in [1.82, 2.24) is 0 Å². The Morgan fingerprint density at radius 3 is 2.09 bits per heavy atom. The number of halogens is 1. The van der Waals surface area contributed by atoms with Gasteiger partial charge in [0, 0.05) is 11.6 Å². The first kappa shape index (κ1) is 24.1. The zero-order chi connectivity index (χ0) is 23.4. The van der Waals surface area contributed by atoms with Gasteiger partial charge in [-0.15, -0.1) is 11.6 Å². The van der Waals surface area contributed by atoms with Gasteiger partial charge in [-0.1, -0.05) is 30.3 Å². The molecule has 3 aromatic carbocycles. The maximum absolute atomic E-state index is 12.9. The van der Waals surface area contributed by atoms with Crippen molar-refractivity contribution in [2.75, 3.05) is 15.3 Å². The van der Waals surface area contributed by atoms with Gasteiger partial charge in [0.15, 0.2) is 0 Å². The van der Waals surface area contributed by atoms with Crippen LogP contribution in [-0.2, 0) is 26.5 Å². The molecule has 9 heteroatoms. The van der Waals surface area contributed by atoms with Gasteiger partial charge >= 0.3 is 0 Å². The molecule has 0 radical (unpaired) electrons. The minimum atomic E-state index is -3.90. The average Bonchev–Trinajstić information content (AvgIpc) is 2.73. The Bertz CT molecular complexity index is 1310. The molecule has 0 amide bonds. The molecule has 0 unspecified atom stereocenters. The van der Waals surface area contributed by atoms with Crippen LogP contribution in [0.5, 0.6) is 0 Å². The molecular weight excluding hydrogens is 468 g/mol. The summed E-state index contributed by atoms with van der Waals surface area (Å²) in [6, 6.07) is 17.9. The second-order valence-electron chi connectivity index (χ2n) is 7.49. The molecule has 0 aliphatic heterocycles. The highest BCUT2D eigenvalue weighted by molar-refractivity contribution is 7.93. The third-order valence-corrected chi connectivity index (χ3v) is 7.89. The Hall–Kier alpha value is -2.55. The Labute approximate surface area is 194 Å². The van der Waals surface area contributed by atoms with Crippen molar-refractivity contribution < 1.29 is 16.8 Å². The van der Waals surface area contributed by atoms with Crippen LogP contribution in [0.4, 0.5) is 11.4 Å². The molecule has 0 fully saturated rings. The Morgan fingerprint density at radius 2 is 1.44 bits per heavy atom. The van der Waals surface area contributed by atoms with E-state index in [1.807, 2.05) is 13.0 Å². The summed E-state index contributed by atoms with van der Waals surface area (Å²) in [4.78, 5) is 0.0522. The fourth-order valence-electron chi connectivity index (χ4n) is 3.11. The molecule has 0 atom stereocenters. The van der Waals surface area contributed by atoms with E-state index in [9.17, 15) is 16.8 Å². The van der Waals surface area contributed by atoms with Crippen molar-refractivity contribution in [3.8, 4) is 0 Å². The van der Waals surface area contributed by atoms with Crippen LogP contribution in [0.2, 0.25) is 0 Å². The van der Waals surface area contributed by atoms with Gasteiger partial charge < -0.3 is 0 Å². The number of alkyl halides is 1. The number of anilines is 2. The summed E-state index contributed by atoms with van der Waals surface area (Å²) in [5.74, 6) is 0.541. The molecule has 6 nitrogen and oxygen atoms in total. The largest absolute Gasteiger partial charge is 0.280 e. The van der Waals surface area contributed by atoms with Gasteiger partial charge in [-0.3, -0.25) is 9.44 Å². The van der Waals surface area contributed by atoms with E-state index in [0.29, 0.717) is 17.1 Å². The number of rotatable bonds is 9. The fraction of sp³-hybridized carbons (Fsp3) is 0.217. The minimum absolute atomic E-state index is 0.0428. The fourth-order valence-corrected chi connectivity index (χ4v) is 5.44. The lowest BCUT2D eigenvalue weighted by Gasteiger charge is -2.14. The van der Waals surface area contributed by atoms with Gasteiger partial charge in [0.1, 0.15) is 0 Å². The van der Waals surface area contributed by atoms with Crippen molar-refractivity contribution in [3.05, 3.63) is 83.4 Å². The molecule has 2 N–H and O–H groups in total. The zero-order valence-electron chi connectivity index (χ0n) is 17.8. The molecule has 3 rings (SSSR count). The highest BCUT2D eigenvalue weighted by Gasteiger charge is 2.19. The highest BCUT2D eigenvalue weighted by Crippen LogP contribution is 2.25. The number of hydrogen-bond acceptors (Lipinski definition) is 4. The van der Waals surface area contributed by atoms with Crippen molar-refractivity contribution in [3.63, 3.8) is 0 Å². The molecule has 0 saturated heterocycles. The van der Waals surface area contributed by atoms with E-state index in [0.717, 1.165) is 24.0 Å². The second kappa shape index (κ2) is 9.94. The summed E-state index contributed by atoms with van der Waals surface area (Å²) in [6.07, 6.45) is 1.58. The van der Waals surface area contributed by atoms with Crippen LogP contribution in [0, 0.1) is 13.8 Å². The van der Waals surface area contributed by atoms with Crippen LogP contribution in [0.1, 0.15) is 23.1 Å². The van der Waals surface area contributed by atoms with Crippen LogP contribution < -0.4 is 9.44 Å². The normalized spacial score (nSPS) is 11.8. The van der Waals surface area contributed by atoms with E-state index >= 15 is 0 Å². The van der Waals surface area contributed by atoms with E-state index in [1.54, 1.807) is 43.3 Å². The van der Waals surface area contributed by atoms with Crippen LogP contribution >= 0.6 is 11.6 Å². The number of hydrogen-bond donors (Lipinski definition) is 2. The molecule has 32 heavy (non-hydrogen) atoms. The predicted molar refractivity (Wildman–Crippen MR) is 129 cm³/mol.